The standard InChI is InChI=1S/C6H11NO/c1-4-5-6(2)7-8-3/h4-5H,1-3H3/b5-4+,7-6+. The highest BCUT2D eigenvalue weighted by atomic mass is 16.6. The van der Waals surface area contributed by atoms with E-state index in [1.165, 1.54) is 7.11 Å². The van der Waals surface area contributed by atoms with Crippen molar-refractivity contribution >= 4 is 5.71 Å². The molecular formula is C6H11NO. The summed E-state index contributed by atoms with van der Waals surface area (Å²) in [5.74, 6) is 0. The van der Waals surface area contributed by atoms with Gasteiger partial charge in [-0.2, -0.15) is 0 Å². The molecular weight excluding hydrogens is 102 g/mol. The Morgan fingerprint density at radius 3 is 2.62 bits per heavy atom. The molecule has 0 atom stereocenters. The third-order valence-electron chi connectivity index (χ3n) is 0.643. The van der Waals surface area contributed by atoms with Gasteiger partial charge < -0.3 is 4.84 Å². The Balaban J connectivity index is 3.61. The maximum atomic E-state index is 4.49. The van der Waals surface area contributed by atoms with Gasteiger partial charge in [0.05, 0.1) is 5.71 Å². The van der Waals surface area contributed by atoms with Crippen molar-refractivity contribution in [2.75, 3.05) is 7.11 Å². The Hall–Kier alpha value is -0.790. The summed E-state index contributed by atoms with van der Waals surface area (Å²) in [4.78, 5) is 4.49. The van der Waals surface area contributed by atoms with E-state index in [9.17, 15) is 0 Å². The van der Waals surface area contributed by atoms with Crippen molar-refractivity contribution in [1.29, 1.82) is 0 Å². The van der Waals surface area contributed by atoms with Gasteiger partial charge in [-0.05, 0) is 19.9 Å². The fourth-order valence-corrected chi connectivity index (χ4v) is 0.416. The predicted octanol–water partition coefficient (Wildman–Crippen LogP) is 1.58. The van der Waals surface area contributed by atoms with E-state index in [1.54, 1.807) is 0 Å². The van der Waals surface area contributed by atoms with E-state index < -0.39 is 0 Å². The van der Waals surface area contributed by atoms with Crippen LogP contribution in [0.25, 0.3) is 0 Å². The first kappa shape index (κ1) is 7.21. The summed E-state index contributed by atoms with van der Waals surface area (Å²) in [6.07, 6.45) is 3.79. The summed E-state index contributed by atoms with van der Waals surface area (Å²) in [6, 6.07) is 0. The average Bonchev–Trinajstić information content (AvgIpc) is 1.68. The van der Waals surface area contributed by atoms with E-state index in [4.69, 9.17) is 0 Å². The van der Waals surface area contributed by atoms with Gasteiger partial charge >= 0.3 is 0 Å². The average molecular weight is 113 g/mol. The lowest BCUT2D eigenvalue weighted by Crippen LogP contribution is -1.83. The molecule has 0 N–H and O–H groups in total. The molecule has 0 saturated heterocycles. The molecule has 8 heavy (non-hydrogen) atoms. The van der Waals surface area contributed by atoms with E-state index in [2.05, 4.69) is 9.99 Å². The second kappa shape index (κ2) is 4.37. The molecule has 0 radical (unpaired) electrons. The third-order valence-corrected chi connectivity index (χ3v) is 0.643. The monoisotopic (exact) mass is 113 g/mol. The van der Waals surface area contributed by atoms with Crippen molar-refractivity contribution in [3.8, 4) is 0 Å². The summed E-state index contributed by atoms with van der Waals surface area (Å²) in [6.45, 7) is 3.82. The van der Waals surface area contributed by atoms with Crippen LogP contribution in [0.3, 0.4) is 0 Å². The largest absolute Gasteiger partial charge is 0.399 e. The van der Waals surface area contributed by atoms with Crippen LogP contribution in [0.1, 0.15) is 13.8 Å². The van der Waals surface area contributed by atoms with Crippen LogP contribution in [0.4, 0.5) is 0 Å². The van der Waals surface area contributed by atoms with Gasteiger partial charge in [0.15, 0.2) is 0 Å². The van der Waals surface area contributed by atoms with Gasteiger partial charge in [-0.1, -0.05) is 11.2 Å². The minimum absolute atomic E-state index is 0.884. The van der Waals surface area contributed by atoms with Gasteiger partial charge in [0, 0.05) is 0 Å². The summed E-state index contributed by atoms with van der Waals surface area (Å²) in [5.41, 5.74) is 0.884. The molecule has 0 aliphatic rings. The molecule has 0 aromatic rings. The van der Waals surface area contributed by atoms with E-state index in [0.29, 0.717) is 0 Å². The highest BCUT2D eigenvalue weighted by molar-refractivity contribution is 5.92. The molecule has 0 bridgehead atoms. The Morgan fingerprint density at radius 1 is 1.62 bits per heavy atom. The molecule has 0 aromatic heterocycles. The first-order valence-corrected chi connectivity index (χ1v) is 2.51. The van der Waals surface area contributed by atoms with Crippen LogP contribution in [-0.4, -0.2) is 12.8 Å². The van der Waals surface area contributed by atoms with E-state index in [1.807, 2.05) is 26.0 Å². The maximum Gasteiger partial charge on any atom is 0.106 e. The second-order valence-corrected chi connectivity index (χ2v) is 1.42. The fraction of sp³-hybridized carbons (Fsp3) is 0.500. The zero-order chi connectivity index (χ0) is 6.41. The zero-order valence-corrected chi connectivity index (χ0v) is 5.51. The molecule has 0 aliphatic heterocycles. The number of allylic oxidation sites excluding steroid dienone is 2. The molecule has 46 valence electrons. The van der Waals surface area contributed by atoms with Crippen LogP contribution in [-0.2, 0) is 4.84 Å². The van der Waals surface area contributed by atoms with Crippen LogP contribution < -0.4 is 0 Å². The fourth-order valence-electron chi connectivity index (χ4n) is 0.416. The lowest BCUT2D eigenvalue weighted by Gasteiger charge is -1.86. The van der Waals surface area contributed by atoms with Crippen molar-refractivity contribution in [3.63, 3.8) is 0 Å². The van der Waals surface area contributed by atoms with Crippen LogP contribution in [0.2, 0.25) is 0 Å². The predicted molar refractivity (Wildman–Crippen MR) is 34.9 cm³/mol. The maximum absolute atomic E-state index is 4.49. The zero-order valence-electron chi connectivity index (χ0n) is 5.51. The molecule has 0 spiro atoms. The van der Waals surface area contributed by atoms with Crippen molar-refractivity contribution < 1.29 is 4.84 Å². The van der Waals surface area contributed by atoms with E-state index in [-0.39, 0.29) is 0 Å². The topological polar surface area (TPSA) is 21.6 Å². The Labute approximate surface area is 49.8 Å². The summed E-state index contributed by atoms with van der Waals surface area (Å²) in [5, 5.41) is 3.64. The summed E-state index contributed by atoms with van der Waals surface area (Å²) >= 11 is 0. The van der Waals surface area contributed by atoms with Gasteiger partial charge in [0.1, 0.15) is 7.11 Å². The van der Waals surface area contributed by atoms with Crippen LogP contribution >= 0.6 is 0 Å². The van der Waals surface area contributed by atoms with Gasteiger partial charge in [-0.3, -0.25) is 0 Å². The first-order chi connectivity index (χ1) is 3.81. The number of hydrogen-bond acceptors (Lipinski definition) is 2. The molecule has 0 fully saturated rings. The van der Waals surface area contributed by atoms with Gasteiger partial charge in [-0.15, -0.1) is 0 Å². The first-order valence-electron chi connectivity index (χ1n) is 2.51. The smallest absolute Gasteiger partial charge is 0.106 e. The minimum atomic E-state index is 0.884. The Morgan fingerprint density at radius 2 is 2.25 bits per heavy atom. The van der Waals surface area contributed by atoms with Crippen molar-refractivity contribution in [1.82, 2.24) is 0 Å². The van der Waals surface area contributed by atoms with Gasteiger partial charge in [0.2, 0.25) is 0 Å². The van der Waals surface area contributed by atoms with Crippen LogP contribution in [0, 0.1) is 0 Å². The lowest BCUT2D eigenvalue weighted by atomic mass is 10.4. The van der Waals surface area contributed by atoms with Crippen LogP contribution in [0.15, 0.2) is 17.3 Å². The Kier molecular flexibility index (Phi) is 3.94. The highest BCUT2D eigenvalue weighted by Crippen LogP contribution is 1.79. The van der Waals surface area contributed by atoms with Gasteiger partial charge in [-0.25, -0.2) is 0 Å². The molecule has 0 aliphatic carbocycles. The third kappa shape index (κ3) is 3.40. The molecule has 0 amide bonds. The Bertz CT molecular complexity index is 105. The summed E-state index contributed by atoms with van der Waals surface area (Å²) in [7, 11) is 1.53. The van der Waals surface area contributed by atoms with Crippen molar-refractivity contribution in [2.24, 2.45) is 5.16 Å². The second-order valence-electron chi connectivity index (χ2n) is 1.42. The normalized spacial score (nSPS) is 12.6. The molecule has 0 unspecified atom stereocenters. The minimum Gasteiger partial charge on any atom is -0.399 e. The summed E-state index contributed by atoms with van der Waals surface area (Å²) < 4.78 is 0. The van der Waals surface area contributed by atoms with E-state index >= 15 is 0 Å². The number of rotatable bonds is 2. The highest BCUT2D eigenvalue weighted by Gasteiger charge is 1.76. The van der Waals surface area contributed by atoms with Crippen molar-refractivity contribution in [3.05, 3.63) is 12.2 Å². The molecule has 0 rings (SSSR count). The SMILES string of the molecule is C/C=C/C(C)=N/OC. The molecule has 2 heteroatoms. The molecule has 2 nitrogen and oxygen atoms in total. The number of hydrogen-bond donors (Lipinski definition) is 0. The van der Waals surface area contributed by atoms with Gasteiger partial charge in [0.25, 0.3) is 0 Å². The molecule has 0 saturated carbocycles. The quantitative estimate of drug-likeness (QED) is 0.393. The number of nitrogens with zero attached hydrogens (tertiary/aromatic N) is 1. The lowest BCUT2D eigenvalue weighted by molar-refractivity contribution is 0.213. The molecule has 0 heterocycles. The van der Waals surface area contributed by atoms with E-state index in [0.717, 1.165) is 5.71 Å². The number of oxime groups is 1. The molecule has 0 aromatic carbocycles. The van der Waals surface area contributed by atoms with Crippen molar-refractivity contribution in [2.45, 2.75) is 13.8 Å². The van der Waals surface area contributed by atoms with Crippen LogP contribution in [0.5, 0.6) is 0 Å².